The summed E-state index contributed by atoms with van der Waals surface area (Å²) in [6.07, 6.45) is 0. The van der Waals surface area contributed by atoms with E-state index in [0.29, 0.717) is 18.4 Å². The lowest BCUT2D eigenvalue weighted by Crippen LogP contribution is -2.39. The third-order valence-electron chi connectivity index (χ3n) is 4.14. The smallest absolute Gasteiger partial charge is 0.177 e. The van der Waals surface area contributed by atoms with Crippen molar-refractivity contribution in [3.8, 4) is 0 Å². The Bertz CT molecular complexity index is 488. The minimum atomic E-state index is 0.232. The zero-order chi connectivity index (χ0) is 15.4. The van der Waals surface area contributed by atoms with E-state index in [0.717, 1.165) is 31.9 Å². The summed E-state index contributed by atoms with van der Waals surface area (Å²) in [5.41, 5.74) is 3.38. The lowest BCUT2D eigenvalue weighted by Gasteiger charge is -2.26. The van der Waals surface area contributed by atoms with Gasteiger partial charge in [0.1, 0.15) is 0 Å². The molecular weight excluding hydrogens is 262 g/mol. The molecule has 0 aliphatic carbocycles. The second kappa shape index (κ2) is 7.19. The zero-order valence-electron chi connectivity index (χ0n) is 13.7. The van der Waals surface area contributed by atoms with E-state index < -0.39 is 0 Å². The molecule has 1 aromatic carbocycles. The largest absolute Gasteiger partial charge is 0.379 e. The average Bonchev–Trinajstić information content (AvgIpc) is 2.47. The van der Waals surface area contributed by atoms with Crippen molar-refractivity contribution in [3.05, 3.63) is 34.9 Å². The van der Waals surface area contributed by atoms with Gasteiger partial charge in [-0.3, -0.25) is 9.69 Å². The molecule has 0 saturated carbocycles. The Morgan fingerprint density at radius 3 is 2.38 bits per heavy atom. The molecule has 1 heterocycles. The van der Waals surface area contributed by atoms with Crippen LogP contribution in [-0.4, -0.2) is 43.5 Å². The van der Waals surface area contributed by atoms with Crippen molar-refractivity contribution in [3.63, 3.8) is 0 Å². The van der Waals surface area contributed by atoms with E-state index in [2.05, 4.69) is 44.7 Å². The van der Waals surface area contributed by atoms with Crippen LogP contribution in [0.15, 0.2) is 18.2 Å². The molecule has 21 heavy (non-hydrogen) atoms. The molecule has 3 nitrogen and oxygen atoms in total. The van der Waals surface area contributed by atoms with Crippen molar-refractivity contribution in [1.29, 1.82) is 0 Å². The second-order valence-corrected chi connectivity index (χ2v) is 6.47. The highest BCUT2D eigenvalue weighted by Crippen LogP contribution is 2.25. The fourth-order valence-corrected chi connectivity index (χ4v) is 2.72. The first kappa shape index (κ1) is 16.2. The van der Waals surface area contributed by atoms with E-state index in [1.165, 1.54) is 11.1 Å². The van der Waals surface area contributed by atoms with Crippen LogP contribution in [0.5, 0.6) is 0 Å². The number of hydrogen-bond donors (Lipinski definition) is 0. The average molecular weight is 289 g/mol. The van der Waals surface area contributed by atoms with Gasteiger partial charge in [-0.2, -0.15) is 0 Å². The van der Waals surface area contributed by atoms with Crippen LogP contribution >= 0.6 is 0 Å². The Morgan fingerprint density at radius 2 is 1.81 bits per heavy atom. The van der Waals surface area contributed by atoms with Crippen molar-refractivity contribution in [2.24, 2.45) is 0 Å². The van der Waals surface area contributed by atoms with Gasteiger partial charge in [-0.15, -0.1) is 0 Å². The van der Waals surface area contributed by atoms with Crippen molar-refractivity contribution in [1.82, 2.24) is 4.90 Å². The maximum atomic E-state index is 12.6. The highest BCUT2D eigenvalue weighted by molar-refractivity contribution is 5.99. The summed E-state index contributed by atoms with van der Waals surface area (Å²) in [7, 11) is 0. The maximum Gasteiger partial charge on any atom is 0.177 e. The molecule has 1 saturated heterocycles. The SMILES string of the molecule is CC(C)c1ccc(C(=O)CN2CCOCC2)c(C(C)C)c1. The number of carbonyl (C=O) groups excluding carboxylic acids is 1. The van der Waals surface area contributed by atoms with Crippen LogP contribution in [0.2, 0.25) is 0 Å². The van der Waals surface area contributed by atoms with Crippen LogP contribution in [0, 0.1) is 0 Å². The van der Waals surface area contributed by atoms with E-state index in [4.69, 9.17) is 4.74 Å². The molecule has 0 spiro atoms. The lowest BCUT2D eigenvalue weighted by molar-refractivity contribution is 0.0371. The number of carbonyl (C=O) groups is 1. The van der Waals surface area contributed by atoms with Crippen molar-refractivity contribution >= 4 is 5.78 Å². The number of ether oxygens (including phenoxy) is 1. The van der Waals surface area contributed by atoms with Gasteiger partial charge in [-0.05, 0) is 23.0 Å². The highest BCUT2D eigenvalue weighted by Gasteiger charge is 2.19. The number of benzene rings is 1. The molecule has 0 radical (unpaired) electrons. The van der Waals surface area contributed by atoms with E-state index in [1.807, 2.05) is 6.07 Å². The molecule has 1 aliphatic heterocycles. The summed E-state index contributed by atoms with van der Waals surface area (Å²) in [6.45, 7) is 12.4. The molecule has 0 amide bonds. The fourth-order valence-electron chi connectivity index (χ4n) is 2.72. The minimum Gasteiger partial charge on any atom is -0.379 e. The van der Waals surface area contributed by atoms with Crippen LogP contribution in [0.3, 0.4) is 0 Å². The zero-order valence-corrected chi connectivity index (χ0v) is 13.7. The third kappa shape index (κ3) is 4.14. The summed E-state index contributed by atoms with van der Waals surface area (Å²) in [5.74, 6) is 1.09. The molecule has 0 aromatic heterocycles. The number of Topliss-reactive ketones (excluding diaryl/α,β-unsaturated/α-hetero) is 1. The van der Waals surface area contributed by atoms with Gasteiger partial charge in [-0.1, -0.05) is 45.9 Å². The number of rotatable bonds is 5. The molecule has 1 aliphatic rings. The third-order valence-corrected chi connectivity index (χ3v) is 4.14. The predicted octanol–water partition coefficient (Wildman–Crippen LogP) is 3.45. The summed E-state index contributed by atoms with van der Waals surface area (Å²) in [6, 6.07) is 6.33. The Labute approximate surface area is 128 Å². The van der Waals surface area contributed by atoms with Crippen molar-refractivity contribution < 1.29 is 9.53 Å². The quantitative estimate of drug-likeness (QED) is 0.778. The van der Waals surface area contributed by atoms with Gasteiger partial charge < -0.3 is 4.74 Å². The topological polar surface area (TPSA) is 29.5 Å². The standard InChI is InChI=1S/C18H27NO2/c1-13(2)15-5-6-16(17(11-15)14(3)4)18(20)12-19-7-9-21-10-8-19/h5-6,11,13-14H,7-10,12H2,1-4H3. The van der Waals surface area contributed by atoms with Gasteiger partial charge in [0.25, 0.3) is 0 Å². The predicted molar refractivity (Wildman–Crippen MR) is 86.2 cm³/mol. The maximum absolute atomic E-state index is 12.6. The van der Waals surface area contributed by atoms with Crippen LogP contribution < -0.4 is 0 Å². The van der Waals surface area contributed by atoms with Crippen molar-refractivity contribution in [2.45, 2.75) is 39.5 Å². The van der Waals surface area contributed by atoms with Crippen LogP contribution in [0.4, 0.5) is 0 Å². The molecule has 1 aromatic rings. The first-order valence-corrected chi connectivity index (χ1v) is 7.96. The number of ketones is 1. The monoisotopic (exact) mass is 289 g/mol. The molecule has 116 valence electrons. The first-order chi connectivity index (χ1) is 9.99. The van der Waals surface area contributed by atoms with E-state index in [1.54, 1.807) is 0 Å². The molecule has 0 N–H and O–H groups in total. The van der Waals surface area contributed by atoms with Gasteiger partial charge in [-0.25, -0.2) is 0 Å². The van der Waals surface area contributed by atoms with Gasteiger partial charge in [0.2, 0.25) is 0 Å². The minimum absolute atomic E-state index is 0.232. The summed E-state index contributed by atoms with van der Waals surface area (Å²) >= 11 is 0. The van der Waals surface area contributed by atoms with Gasteiger partial charge in [0, 0.05) is 18.7 Å². The summed E-state index contributed by atoms with van der Waals surface area (Å²) in [4.78, 5) is 14.8. The molecule has 0 unspecified atom stereocenters. The Hall–Kier alpha value is -1.19. The normalized spacial score (nSPS) is 16.7. The van der Waals surface area contributed by atoms with Gasteiger partial charge in [0.15, 0.2) is 5.78 Å². The van der Waals surface area contributed by atoms with Crippen LogP contribution in [0.25, 0.3) is 0 Å². The summed E-state index contributed by atoms with van der Waals surface area (Å²) in [5, 5.41) is 0. The van der Waals surface area contributed by atoms with Crippen LogP contribution in [-0.2, 0) is 4.74 Å². The van der Waals surface area contributed by atoms with E-state index in [9.17, 15) is 4.79 Å². The molecule has 0 bridgehead atoms. The fraction of sp³-hybridized carbons (Fsp3) is 0.611. The van der Waals surface area contributed by atoms with Crippen LogP contribution in [0.1, 0.15) is 61.0 Å². The van der Waals surface area contributed by atoms with Gasteiger partial charge in [0.05, 0.1) is 19.8 Å². The Morgan fingerprint density at radius 1 is 1.14 bits per heavy atom. The lowest BCUT2D eigenvalue weighted by atomic mass is 9.90. The molecule has 0 atom stereocenters. The molecule has 2 rings (SSSR count). The highest BCUT2D eigenvalue weighted by atomic mass is 16.5. The Balaban J connectivity index is 2.19. The summed E-state index contributed by atoms with van der Waals surface area (Å²) < 4.78 is 5.34. The number of morpholine rings is 1. The first-order valence-electron chi connectivity index (χ1n) is 7.96. The van der Waals surface area contributed by atoms with Gasteiger partial charge >= 0.3 is 0 Å². The number of nitrogens with zero attached hydrogens (tertiary/aromatic N) is 1. The molecule has 3 heteroatoms. The molecule has 1 fully saturated rings. The number of hydrogen-bond acceptors (Lipinski definition) is 3. The van der Waals surface area contributed by atoms with E-state index >= 15 is 0 Å². The van der Waals surface area contributed by atoms with E-state index in [-0.39, 0.29) is 5.78 Å². The Kier molecular flexibility index (Phi) is 5.54. The molecular formula is C18H27NO2. The van der Waals surface area contributed by atoms with Crippen molar-refractivity contribution in [2.75, 3.05) is 32.8 Å². The second-order valence-electron chi connectivity index (χ2n) is 6.47.